The number of aromatic nitrogens is 1. The maximum atomic E-state index is 13.6. The largest absolute Gasteiger partial charge is 0.493 e. The summed E-state index contributed by atoms with van der Waals surface area (Å²) >= 11 is 0. The van der Waals surface area contributed by atoms with Gasteiger partial charge in [-0.05, 0) is 49.4 Å². The minimum absolute atomic E-state index is 0.0970. The summed E-state index contributed by atoms with van der Waals surface area (Å²) in [5.74, 6) is 2.52. The van der Waals surface area contributed by atoms with Crippen molar-refractivity contribution in [1.82, 2.24) is 9.88 Å². The number of aliphatic hydroxyl groups is 1. The number of benzene rings is 2. The molecule has 0 bridgehead atoms. The molecule has 1 aromatic heterocycles. The molecule has 2 heterocycles. The first-order valence-electron chi connectivity index (χ1n) is 13.9. The average Bonchev–Trinajstić information content (AvgIpc) is 3.41. The van der Waals surface area contributed by atoms with E-state index in [1.54, 1.807) is 18.3 Å². The van der Waals surface area contributed by atoms with E-state index in [4.69, 9.17) is 9.15 Å². The molecule has 1 saturated carbocycles. The molecule has 1 N–H and O–H groups in total. The highest BCUT2D eigenvalue weighted by atomic mass is 19.1. The number of oxazole rings is 1. The highest BCUT2D eigenvalue weighted by Gasteiger charge is 2.44. The van der Waals surface area contributed by atoms with Crippen LogP contribution in [0.25, 0.3) is 0 Å². The zero-order chi connectivity index (χ0) is 25.7. The Labute approximate surface area is 219 Å². The van der Waals surface area contributed by atoms with Gasteiger partial charge in [0.1, 0.15) is 17.3 Å². The minimum atomic E-state index is -1.21. The van der Waals surface area contributed by atoms with Crippen LogP contribution in [0, 0.1) is 23.6 Å². The Morgan fingerprint density at radius 2 is 1.86 bits per heavy atom. The molecule has 6 heteroatoms. The summed E-state index contributed by atoms with van der Waals surface area (Å²) in [5.41, 5.74) is -0.357. The third-order valence-corrected chi connectivity index (χ3v) is 8.43. The van der Waals surface area contributed by atoms with E-state index in [1.807, 2.05) is 30.3 Å². The first-order valence-corrected chi connectivity index (χ1v) is 13.9. The molecule has 2 fully saturated rings. The maximum Gasteiger partial charge on any atom is 0.231 e. The molecule has 37 heavy (non-hydrogen) atoms. The lowest BCUT2D eigenvalue weighted by Crippen LogP contribution is -2.42. The van der Waals surface area contributed by atoms with Crippen LogP contribution in [0.15, 0.2) is 65.2 Å². The molecule has 2 aliphatic rings. The second kappa shape index (κ2) is 11.8. The van der Waals surface area contributed by atoms with Gasteiger partial charge >= 0.3 is 0 Å². The second-order valence-corrected chi connectivity index (χ2v) is 10.8. The monoisotopic (exact) mass is 506 g/mol. The van der Waals surface area contributed by atoms with Gasteiger partial charge in [0.2, 0.25) is 5.89 Å². The number of halogens is 1. The van der Waals surface area contributed by atoms with E-state index in [-0.39, 0.29) is 11.7 Å². The van der Waals surface area contributed by atoms with Gasteiger partial charge < -0.3 is 14.3 Å². The summed E-state index contributed by atoms with van der Waals surface area (Å²) < 4.78 is 25.9. The van der Waals surface area contributed by atoms with E-state index in [0.717, 1.165) is 62.9 Å². The van der Waals surface area contributed by atoms with Crippen LogP contribution in [-0.2, 0) is 12.1 Å². The van der Waals surface area contributed by atoms with Crippen molar-refractivity contribution >= 4 is 0 Å². The van der Waals surface area contributed by atoms with Crippen LogP contribution in [0.3, 0.4) is 0 Å². The van der Waals surface area contributed by atoms with Gasteiger partial charge in [-0.1, -0.05) is 69.0 Å². The van der Waals surface area contributed by atoms with E-state index >= 15 is 0 Å². The second-order valence-electron chi connectivity index (χ2n) is 10.8. The van der Waals surface area contributed by atoms with Gasteiger partial charge in [0.05, 0.1) is 19.3 Å². The van der Waals surface area contributed by atoms with Gasteiger partial charge in [0.15, 0.2) is 5.60 Å². The predicted molar refractivity (Wildman–Crippen MR) is 142 cm³/mol. The summed E-state index contributed by atoms with van der Waals surface area (Å²) in [7, 11) is 0. The van der Waals surface area contributed by atoms with Crippen LogP contribution < -0.4 is 4.74 Å². The molecule has 198 valence electrons. The fraction of sp³-hybridized carbons (Fsp3) is 0.516. The number of likely N-dealkylation sites (tertiary alicyclic amines) is 1. The van der Waals surface area contributed by atoms with Gasteiger partial charge in [-0.25, -0.2) is 9.37 Å². The number of hydrogen-bond donors (Lipinski definition) is 1. The molecule has 5 rings (SSSR count). The van der Waals surface area contributed by atoms with Gasteiger partial charge in [-0.3, -0.25) is 4.90 Å². The predicted octanol–water partition coefficient (Wildman–Crippen LogP) is 6.56. The van der Waals surface area contributed by atoms with Crippen molar-refractivity contribution < 1.29 is 18.7 Å². The van der Waals surface area contributed by atoms with Crippen LogP contribution in [-0.4, -0.2) is 34.7 Å². The van der Waals surface area contributed by atoms with Crippen molar-refractivity contribution in [1.29, 1.82) is 0 Å². The molecule has 1 saturated heterocycles. The molecule has 1 aliphatic heterocycles. The van der Waals surface area contributed by atoms with Crippen molar-refractivity contribution in [3.63, 3.8) is 0 Å². The van der Waals surface area contributed by atoms with Gasteiger partial charge in [-0.2, -0.15) is 0 Å². The summed E-state index contributed by atoms with van der Waals surface area (Å²) in [6.07, 6.45) is 9.39. The number of hydrogen-bond acceptors (Lipinski definition) is 5. The van der Waals surface area contributed by atoms with Crippen molar-refractivity contribution in [2.75, 3.05) is 19.7 Å². The minimum Gasteiger partial charge on any atom is -0.493 e. The maximum absolute atomic E-state index is 13.6. The SMILES string of the molecule is CCC1CCN(Cc2cnc([C@](O)(c3ccccc3)C3CCCCC3)o2)CC1COc1cccc(F)c1. The standard InChI is InChI=1S/C31H39FN2O3/c1-2-23-16-17-34(20-24(23)22-36-28-15-9-14-27(32)18-28)21-29-19-33-30(37-29)31(35,25-10-5-3-6-11-25)26-12-7-4-8-13-26/h3,5-6,9-11,14-15,18-19,23-24,26,35H,2,4,7-8,12-13,16-17,20-22H2,1H3/t23?,24?,31-/m0/s1. The van der Waals surface area contributed by atoms with Crippen LogP contribution in [0.2, 0.25) is 0 Å². The van der Waals surface area contributed by atoms with Gasteiger partial charge in [0.25, 0.3) is 0 Å². The number of piperidine rings is 1. The molecule has 0 radical (unpaired) electrons. The third kappa shape index (κ3) is 5.91. The molecular formula is C31H39FN2O3. The van der Waals surface area contributed by atoms with Gasteiger partial charge in [0, 0.05) is 24.4 Å². The van der Waals surface area contributed by atoms with Crippen LogP contribution in [0.1, 0.15) is 69.1 Å². The molecule has 0 spiro atoms. The van der Waals surface area contributed by atoms with Crippen molar-refractivity contribution in [2.45, 2.75) is 64.0 Å². The summed E-state index contributed by atoms with van der Waals surface area (Å²) in [6, 6.07) is 16.2. The fourth-order valence-electron chi connectivity index (χ4n) is 6.31. The topological polar surface area (TPSA) is 58.7 Å². The van der Waals surface area contributed by atoms with Crippen molar-refractivity contribution in [3.05, 3.63) is 83.8 Å². The highest BCUT2D eigenvalue weighted by Crippen LogP contribution is 2.43. The van der Waals surface area contributed by atoms with Crippen LogP contribution >= 0.6 is 0 Å². The fourth-order valence-corrected chi connectivity index (χ4v) is 6.31. The Morgan fingerprint density at radius 3 is 2.62 bits per heavy atom. The number of ether oxygens (including phenoxy) is 1. The Hall–Kier alpha value is -2.70. The zero-order valence-corrected chi connectivity index (χ0v) is 21.8. The van der Waals surface area contributed by atoms with E-state index in [0.29, 0.717) is 36.6 Å². The Morgan fingerprint density at radius 1 is 1.05 bits per heavy atom. The highest BCUT2D eigenvalue weighted by molar-refractivity contribution is 5.30. The molecule has 2 aromatic carbocycles. The smallest absolute Gasteiger partial charge is 0.231 e. The van der Waals surface area contributed by atoms with Gasteiger partial charge in [-0.15, -0.1) is 0 Å². The lowest BCUT2D eigenvalue weighted by atomic mass is 9.73. The average molecular weight is 507 g/mol. The third-order valence-electron chi connectivity index (χ3n) is 8.43. The van der Waals surface area contributed by atoms with E-state index in [9.17, 15) is 9.50 Å². The number of nitrogens with zero attached hydrogens (tertiary/aromatic N) is 2. The molecule has 1 aliphatic carbocycles. The normalized spacial score (nSPS) is 23.0. The Kier molecular flexibility index (Phi) is 8.26. The lowest BCUT2D eigenvalue weighted by molar-refractivity contribution is -0.0247. The van der Waals surface area contributed by atoms with Crippen LogP contribution in [0.5, 0.6) is 5.75 Å². The number of rotatable bonds is 9. The van der Waals surface area contributed by atoms with E-state index < -0.39 is 5.60 Å². The van der Waals surface area contributed by atoms with E-state index in [2.05, 4.69) is 16.8 Å². The summed E-state index contributed by atoms with van der Waals surface area (Å²) in [4.78, 5) is 7.02. The molecule has 2 unspecified atom stereocenters. The summed E-state index contributed by atoms with van der Waals surface area (Å²) in [6.45, 7) is 5.31. The summed E-state index contributed by atoms with van der Waals surface area (Å²) in [5, 5.41) is 12.1. The van der Waals surface area contributed by atoms with Crippen molar-refractivity contribution in [2.24, 2.45) is 17.8 Å². The molecular weight excluding hydrogens is 467 g/mol. The first-order chi connectivity index (χ1) is 18.1. The molecule has 0 amide bonds. The Balaban J connectivity index is 1.28. The van der Waals surface area contributed by atoms with Crippen molar-refractivity contribution in [3.8, 4) is 5.75 Å². The zero-order valence-electron chi connectivity index (χ0n) is 21.8. The quantitative estimate of drug-likeness (QED) is 0.356. The Bertz CT molecular complexity index is 1130. The molecule has 3 atom stereocenters. The molecule has 3 aromatic rings. The first kappa shape index (κ1) is 25.9. The molecule has 5 nitrogen and oxygen atoms in total. The lowest BCUT2D eigenvalue weighted by Gasteiger charge is -2.38. The van der Waals surface area contributed by atoms with Crippen LogP contribution in [0.4, 0.5) is 4.39 Å². The van der Waals surface area contributed by atoms with E-state index in [1.165, 1.54) is 18.6 Å².